The summed E-state index contributed by atoms with van der Waals surface area (Å²) in [7, 11) is 22.5. The highest BCUT2D eigenvalue weighted by Crippen LogP contribution is 2.10. The van der Waals surface area contributed by atoms with Gasteiger partial charge in [0.25, 0.3) is 0 Å². The number of aliphatic imine (C=N–C) groups is 1. The van der Waals surface area contributed by atoms with Crippen molar-refractivity contribution in [3.05, 3.63) is 92.8 Å². The van der Waals surface area contributed by atoms with Crippen molar-refractivity contribution < 1.29 is 0 Å². The summed E-state index contributed by atoms with van der Waals surface area (Å²) in [4.78, 5) is 29.6. The Morgan fingerprint density at radius 1 is 0.400 bits per heavy atom. The third kappa shape index (κ3) is 38.0. The number of nitrogens with zero attached hydrogens (tertiary/aromatic N) is 19. The van der Waals surface area contributed by atoms with Crippen LogP contribution in [0.5, 0.6) is 0 Å². The molecule has 75 heavy (non-hydrogen) atoms. The predicted molar refractivity (Wildman–Crippen MR) is 312 cm³/mol. The molecule has 0 spiro atoms. The Labute approximate surface area is 454 Å². The van der Waals surface area contributed by atoms with Gasteiger partial charge in [0.15, 0.2) is 0 Å². The smallest absolute Gasteiger partial charge is 0.137 e. The topological polar surface area (TPSA) is 147 Å². The van der Waals surface area contributed by atoms with Gasteiger partial charge in [-0.05, 0) is 183 Å². The first-order chi connectivity index (χ1) is 36.3. The van der Waals surface area contributed by atoms with Crippen LogP contribution in [-0.2, 0) is 35.2 Å². The van der Waals surface area contributed by atoms with Gasteiger partial charge in [-0.3, -0.25) is 19.0 Å². The van der Waals surface area contributed by atoms with Gasteiger partial charge in [-0.2, -0.15) is 10.2 Å². The van der Waals surface area contributed by atoms with Crippen molar-refractivity contribution in [3.63, 3.8) is 0 Å². The summed E-state index contributed by atoms with van der Waals surface area (Å²) in [6, 6.07) is 9.97. The lowest BCUT2D eigenvalue weighted by Gasteiger charge is -2.20. The molecule has 0 unspecified atom stereocenters. The van der Waals surface area contributed by atoms with E-state index in [0.717, 1.165) is 18.6 Å². The molecule has 0 amide bonds. The second kappa shape index (κ2) is 43.9. The van der Waals surface area contributed by atoms with E-state index >= 15 is 0 Å². The summed E-state index contributed by atoms with van der Waals surface area (Å²) in [6.45, 7) is 15.3. The average Bonchev–Trinajstić information content (AvgIpc) is 4.30. The van der Waals surface area contributed by atoms with E-state index < -0.39 is 0 Å². The van der Waals surface area contributed by atoms with Gasteiger partial charge in [-0.15, -0.1) is 5.10 Å². The Kier molecular flexibility index (Phi) is 38.5. The Hall–Kier alpha value is -5.34. The van der Waals surface area contributed by atoms with E-state index in [1.807, 2.05) is 101 Å². The zero-order chi connectivity index (χ0) is 54.6. The molecule has 5 fully saturated rings. The number of likely N-dealkylation sites (tertiary alicyclic amines) is 5. The maximum atomic E-state index is 4.18. The van der Waals surface area contributed by atoms with Gasteiger partial charge in [0, 0.05) is 79.8 Å². The van der Waals surface area contributed by atoms with Crippen LogP contribution in [-0.4, -0.2) is 215 Å². The van der Waals surface area contributed by atoms with Crippen molar-refractivity contribution in [2.24, 2.45) is 40.2 Å². The monoisotopic (exact) mass is 1040 g/mol. The number of aromatic nitrogens is 12. The van der Waals surface area contributed by atoms with E-state index in [9.17, 15) is 0 Å². The lowest BCUT2D eigenvalue weighted by Crippen LogP contribution is -2.24. The number of benzene rings is 1. The van der Waals surface area contributed by atoms with Gasteiger partial charge in [0.05, 0.1) is 42.8 Å². The summed E-state index contributed by atoms with van der Waals surface area (Å²) < 4.78 is 8.93. The first-order valence-corrected chi connectivity index (χ1v) is 27.8. The van der Waals surface area contributed by atoms with Gasteiger partial charge < -0.3 is 38.5 Å². The second-order valence-electron chi connectivity index (χ2n) is 20.2. The molecule has 0 aliphatic carbocycles. The number of para-hydroxylation sites is 2. The van der Waals surface area contributed by atoms with Crippen LogP contribution in [0.1, 0.15) is 96.3 Å². The van der Waals surface area contributed by atoms with Crippen molar-refractivity contribution in [1.29, 1.82) is 0 Å². The van der Waals surface area contributed by atoms with Crippen LogP contribution in [0.25, 0.3) is 11.0 Å². The zero-order valence-corrected chi connectivity index (χ0v) is 48.8. The summed E-state index contributed by atoms with van der Waals surface area (Å²) in [6.07, 6.45) is 40.6. The zero-order valence-electron chi connectivity index (χ0n) is 48.8. The van der Waals surface area contributed by atoms with E-state index in [-0.39, 0.29) is 0 Å². The highest BCUT2D eigenvalue weighted by atomic mass is 15.4. The van der Waals surface area contributed by atoms with Crippen molar-refractivity contribution in [2.45, 2.75) is 96.3 Å². The van der Waals surface area contributed by atoms with Gasteiger partial charge in [0.2, 0.25) is 0 Å². The normalized spacial score (nSPS) is 17.6. The standard InChI is InChI=1S/C8H8N2.C7H15N.3C6H13N.C5H11N.C4H8N2.2C4H6N2.2C3H5N3/c1-10-6-9-7-4-2-3-5-8(7)10;1-8-6-4-2-3-5-7-8;3*1-7-5-3-2-4-6-7;1-6-4-2-3-5-6;2*1-6-3-2-5-4-6;1-6-4-2-3-5-6;1-6-3-4-2-5-6;1-6-3-2-4-5-6/h2-6H,1H3;2-7H2,1H3;3*2-6H2,1H3;2-5H2,1H3;4H,2-3H2,1H3;2*2-4H,1H3;2*2-3H,1H3. The van der Waals surface area contributed by atoms with E-state index in [0.29, 0.717) is 0 Å². The fourth-order valence-corrected chi connectivity index (χ4v) is 8.02. The number of hydrogen-bond acceptors (Lipinski definition) is 14. The molecule has 5 aromatic heterocycles. The largest absolute Gasteiger partial charge is 0.364 e. The van der Waals surface area contributed by atoms with E-state index in [1.54, 1.807) is 51.5 Å². The Morgan fingerprint density at radius 3 is 1.13 bits per heavy atom. The van der Waals surface area contributed by atoms with Crippen molar-refractivity contribution >= 4 is 17.4 Å². The maximum absolute atomic E-state index is 4.18. The summed E-state index contributed by atoms with van der Waals surface area (Å²) in [5, 5.41) is 14.7. The number of aryl methyl sites for hydroxylation is 5. The summed E-state index contributed by atoms with van der Waals surface area (Å²) >= 11 is 0. The number of piperidine rings is 3. The van der Waals surface area contributed by atoms with E-state index in [2.05, 4.69) is 111 Å². The molecule has 0 radical (unpaired) electrons. The fraction of sp³-hybridized carbons (Fsp3) is 0.679. The first kappa shape index (κ1) is 65.8. The Bertz CT molecular complexity index is 1900. The maximum Gasteiger partial charge on any atom is 0.137 e. The molecule has 6 aliphatic rings. The van der Waals surface area contributed by atoms with Crippen LogP contribution >= 0.6 is 0 Å². The molecule has 0 bridgehead atoms. The molecule has 422 valence electrons. The van der Waals surface area contributed by atoms with Crippen molar-refractivity contribution in [3.8, 4) is 0 Å². The van der Waals surface area contributed by atoms with E-state index in [1.165, 1.54) is 174 Å². The molecule has 0 saturated carbocycles. The highest BCUT2D eigenvalue weighted by Gasteiger charge is 2.05. The molecule has 5 saturated heterocycles. The molecule has 6 aliphatic heterocycles. The summed E-state index contributed by atoms with van der Waals surface area (Å²) in [5.41, 5.74) is 2.24. The Morgan fingerprint density at radius 2 is 0.893 bits per heavy atom. The molecule has 0 N–H and O–H groups in total. The molecule has 11 heterocycles. The number of fused-ring (bicyclic) bond motifs is 1. The fourth-order valence-electron chi connectivity index (χ4n) is 8.02. The lowest BCUT2D eigenvalue weighted by molar-refractivity contribution is 0.277. The minimum Gasteiger partial charge on any atom is -0.364 e. The van der Waals surface area contributed by atoms with Crippen LogP contribution in [0.15, 0.2) is 97.8 Å². The van der Waals surface area contributed by atoms with Gasteiger partial charge in [-0.1, -0.05) is 49.5 Å². The van der Waals surface area contributed by atoms with Crippen LogP contribution < -0.4 is 0 Å². The first-order valence-electron chi connectivity index (χ1n) is 27.8. The molecule has 1 aromatic carbocycles. The Balaban J connectivity index is 0.000000284. The van der Waals surface area contributed by atoms with E-state index in [4.69, 9.17) is 0 Å². The molecule has 19 heteroatoms. The van der Waals surface area contributed by atoms with Gasteiger partial charge in [-0.25, -0.2) is 15.0 Å². The number of imidazole rings is 2. The quantitative estimate of drug-likeness (QED) is 0.148. The second-order valence-corrected chi connectivity index (χ2v) is 20.2. The lowest BCUT2D eigenvalue weighted by atomic mass is 10.1. The van der Waals surface area contributed by atoms with Gasteiger partial charge in [0.1, 0.15) is 12.7 Å². The third-order valence-corrected chi connectivity index (χ3v) is 12.7. The van der Waals surface area contributed by atoms with Crippen LogP contribution in [0.4, 0.5) is 0 Å². The van der Waals surface area contributed by atoms with Crippen LogP contribution in [0, 0.1) is 0 Å². The molecule has 6 aromatic rings. The average molecular weight is 1040 g/mol. The molecular weight excluding hydrogens is 939 g/mol. The third-order valence-electron chi connectivity index (χ3n) is 12.7. The predicted octanol–water partition coefficient (Wildman–Crippen LogP) is 7.51. The summed E-state index contributed by atoms with van der Waals surface area (Å²) in [5.74, 6) is 0. The molecule has 19 nitrogen and oxygen atoms in total. The highest BCUT2D eigenvalue weighted by molar-refractivity contribution is 5.74. The van der Waals surface area contributed by atoms with Gasteiger partial charge >= 0.3 is 0 Å². The number of likely N-dealkylation sites (N-methyl/N-ethyl adjacent to an activating group) is 1. The SMILES string of the molecule is CN1C=NCC1.CN1CCCC1.CN1CCCCC1.CN1CCCCC1.CN1CCCCC1.CN1CCCCCC1.Cn1cccn1.Cn1ccnc1.Cn1ccnn1.Cn1cnc2ccccc21.Cn1cncn1. The van der Waals surface area contributed by atoms with Crippen molar-refractivity contribution in [2.75, 3.05) is 121 Å². The van der Waals surface area contributed by atoms with Crippen LogP contribution in [0.3, 0.4) is 0 Å². The molecule has 0 atom stereocenters. The van der Waals surface area contributed by atoms with Crippen LogP contribution in [0.2, 0.25) is 0 Å². The van der Waals surface area contributed by atoms with Crippen molar-refractivity contribution in [1.82, 2.24) is 88.0 Å². The number of hydrogen-bond donors (Lipinski definition) is 0. The number of rotatable bonds is 0. The minimum atomic E-state index is 0.983. The molecular formula is C56H103N19. The molecule has 12 rings (SSSR count). The minimum absolute atomic E-state index is 0.983.